The predicted octanol–water partition coefficient (Wildman–Crippen LogP) is 6.18. The number of piperazine rings is 1. The molecule has 0 N–H and O–H groups in total. The molecule has 0 aliphatic carbocycles. The van der Waals surface area contributed by atoms with E-state index in [-0.39, 0.29) is 5.91 Å². The number of ether oxygens (including phenoxy) is 1. The lowest BCUT2D eigenvalue weighted by molar-refractivity contribution is 0.0628. The molecule has 1 saturated heterocycles. The highest BCUT2D eigenvalue weighted by Gasteiger charge is 2.22. The van der Waals surface area contributed by atoms with Crippen LogP contribution in [0.3, 0.4) is 0 Å². The molecule has 0 bridgehead atoms. The summed E-state index contributed by atoms with van der Waals surface area (Å²) in [6.07, 6.45) is 0. The van der Waals surface area contributed by atoms with Gasteiger partial charge in [0.25, 0.3) is 5.91 Å². The number of nitrogens with zero attached hydrogens (tertiary/aromatic N) is 2. The van der Waals surface area contributed by atoms with Crippen molar-refractivity contribution in [2.45, 2.75) is 13.2 Å². The third-order valence-corrected chi connectivity index (χ3v) is 6.30. The molecule has 1 amide bonds. The number of carbonyl (C=O) groups excluding carboxylic acids is 1. The summed E-state index contributed by atoms with van der Waals surface area (Å²) in [7, 11) is 0. The minimum Gasteiger partial charge on any atom is -0.489 e. The lowest BCUT2D eigenvalue weighted by atomic mass is 10.1. The van der Waals surface area contributed by atoms with Crippen LogP contribution in [0.4, 0.5) is 0 Å². The first-order chi connectivity index (χ1) is 15.5. The second kappa shape index (κ2) is 10.6. The molecule has 7 heteroatoms. The van der Waals surface area contributed by atoms with E-state index < -0.39 is 0 Å². The molecular weight excluding hydrogens is 467 g/mol. The fraction of sp³-hybridized carbons (Fsp3) is 0.240. The van der Waals surface area contributed by atoms with Crippen LogP contribution < -0.4 is 4.74 Å². The highest BCUT2D eigenvalue weighted by molar-refractivity contribution is 6.35. The van der Waals surface area contributed by atoms with Gasteiger partial charge in [-0.15, -0.1) is 0 Å². The minimum atomic E-state index is 0.0440. The van der Waals surface area contributed by atoms with Crippen LogP contribution in [0.5, 0.6) is 5.75 Å². The van der Waals surface area contributed by atoms with Crippen LogP contribution in [0.25, 0.3) is 0 Å². The Hall–Kier alpha value is -2.24. The standard InChI is InChI=1S/C25H23Cl3N2O2/c26-21-6-8-23(9-7-21)32-17-18-2-1-3-19(14-18)25(31)30-12-10-29(11-13-30)16-20-4-5-22(27)15-24(20)28/h1-9,14-15H,10-13,16-17H2. The van der Waals surface area contributed by atoms with Gasteiger partial charge in [-0.2, -0.15) is 0 Å². The van der Waals surface area contributed by atoms with Gasteiger partial charge in [-0.3, -0.25) is 9.69 Å². The summed E-state index contributed by atoms with van der Waals surface area (Å²) >= 11 is 18.2. The second-order valence-corrected chi connectivity index (χ2v) is 9.03. The summed E-state index contributed by atoms with van der Waals surface area (Å²) in [4.78, 5) is 17.2. The van der Waals surface area contributed by atoms with Gasteiger partial charge in [0.1, 0.15) is 12.4 Å². The molecule has 32 heavy (non-hydrogen) atoms. The molecule has 1 aliphatic rings. The highest BCUT2D eigenvalue weighted by Crippen LogP contribution is 2.23. The summed E-state index contributed by atoms with van der Waals surface area (Å²) in [5.41, 5.74) is 2.67. The van der Waals surface area contributed by atoms with E-state index in [9.17, 15) is 4.79 Å². The van der Waals surface area contributed by atoms with E-state index in [1.165, 1.54) is 0 Å². The van der Waals surface area contributed by atoms with Gasteiger partial charge in [0.15, 0.2) is 0 Å². The second-order valence-electron chi connectivity index (χ2n) is 7.75. The molecule has 0 spiro atoms. The quantitative estimate of drug-likeness (QED) is 0.414. The zero-order valence-electron chi connectivity index (χ0n) is 17.4. The van der Waals surface area contributed by atoms with Gasteiger partial charge < -0.3 is 9.64 Å². The maximum absolute atomic E-state index is 13.0. The Morgan fingerprint density at radius 2 is 1.56 bits per heavy atom. The third-order valence-electron chi connectivity index (χ3n) is 5.46. The summed E-state index contributed by atoms with van der Waals surface area (Å²) in [5, 5.41) is 1.98. The fourth-order valence-electron chi connectivity index (χ4n) is 3.67. The Labute approximate surface area is 203 Å². The molecule has 3 aromatic carbocycles. The van der Waals surface area contributed by atoms with Gasteiger partial charge in [-0.25, -0.2) is 0 Å². The van der Waals surface area contributed by atoms with Crippen molar-refractivity contribution < 1.29 is 9.53 Å². The molecule has 0 saturated carbocycles. The molecular formula is C25H23Cl3N2O2. The monoisotopic (exact) mass is 488 g/mol. The SMILES string of the molecule is O=C(c1cccc(COc2ccc(Cl)cc2)c1)N1CCN(Cc2ccc(Cl)cc2Cl)CC1. The van der Waals surface area contributed by atoms with Crippen molar-refractivity contribution in [3.63, 3.8) is 0 Å². The number of hydrogen-bond donors (Lipinski definition) is 0. The van der Waals surface area contributed by atoms with Crippen LogP contribution in [0.1, 0.15) is 21.5 Å². The Balaban J connectivity index is 1.31. The number of halogens is 3. The maximum Gasteiger partial charge on any atom is 0.253 e. The molecule has 4 rings (SSSR count). The Kier molecular flexibility index (Phi) is 7.59. The zero-order chi connectivity index (χ0) is 22.5. The predicted molar refractivity (Wildman–Crippen MR) is 130 cm³/mol. The first-order valence-electron chi connectivity index (χ1n) is 10.4. The van der Waals surface area contributed by atoms with Gasteiger partial charge in [-0.05, 0) is 59.7 Å². The molecule has 1 fully saturated rings. The van der Waals surface area contributed by atoms with Crippen LogP contribution in [0, 0.1) is 0 Å². The summed E-state index contributed by atoms with van der Waals surface area (Å²) in [6, 6.07) is 20.4. The van der Waals surface area contributed by atoms with Crippen LogP contribution >= 0.6 is 34.8 Å². The molecule has 3 aromatic rings. The molecule has 4 nitrogen and oxygen atoms in total. The Morgan fingerprint density at radius 3 is 2.28 bits per heavy atom. The van der Waals surface area contributed by atoms with Crippen molar-refractivity contribution in [2.24, 2.45) is 0 Å². The topological polar surface area (TPSA) is 32.8 Å². The first kappa shape index (κ1) is 22.9. The summed E-state index contributed by atoms with van der Waals surface area (Å²) < 4.78 is 5.81. The minimum absolute atomic E-state index is 0.0440. The van der Waals surface area contributed by atoms with Crippen LogP contribution in [-0.4, -0.2) is 41.9 Å². The zero-order valence-corrected chi connectivity index (χ0v) is 19.7. The molecule has 166 valence electrons. The van der Waals surface area contributed by atoms with E-state index in [2.05, 4.69) is 4.90 Å². The van der Waals surface area contributed by atoms with Gasteiger partial charge in [0.2, 0.25) is 0 Å². The number of hydrogen-bond acceptors (Lipinski definition) is 3. The summed E-state index contributed by atoms with van der Waals surface area (Å²) in [5.74, 6) is 0.783. The van der Waals surface area contributed by atoms with Gasteiger partial charge in [0.05, 0.1) is 0 Å². The molecule has 0 atom stereocenters. The van der Waals surface area contributed by atoms with Crippen molar-refractivity contribution in [1.82, 2.24) is 9.80 Å². The molecule has 0 aromatic heterocycles. The molecule has 1 heterocycles. The average Bonchev–Trinajstić information content (AvgIpc) is 2.81. The third kappa shape index (κ3) is 5.96. The number of rotatable bonds is 6. The lowest BCUT2D eigenvalue weighted by Crippen LogP contribution is -2.48. The largest absolute Gasteiger partial charge is 0.489 e. The smallest absolute Gasteiger partial charge is 0.253 e. The van der Waals surface area contributed by atoms with Gasteiger partial charge in [0, 0.05) is 53.4 Å². The highest BCUT2D eigenvalue weighted by atomic mass is 35.5. The van der Waals surface area contributed by atoms with Crippen molar-refractivity contribution in [2.75, 3.05) is 26.2 Å². The van der Waals surface area contributed by atoms with Crippen molar-refractivity contribution in [1.29, 1.82) is 0 Å². The van der Waals surface area contributed by atoms with Gasteiger partial charge >= 0.3 is 0 Å². The van der Waals surface area contributed by atoms with Crippen molar-refractivity contribution in [3.8, 4) is 5.75 Å². The Morgan fingerprint density at radius 1 is 0.844 bits per heavy atom. The van der Waals surface area contributed by atoms with Crippen LogP contribution in [-0.2, 0) is 13.2 Å². The van der Waals surface area contributed by atoms with E-state index in [0.717, 1.165) is 36.5 Å². The van der Waals surface area contributed by atoms with Crippen LogP contribution in [0.2, 0.25) is 15.1 Å². The van der Waals surface area contributed by atoms with Gasteiger partial charge in [-0.1, -0.05) is 53.0 Å². The van der Waals surface area contributed by atoms with Crippen LogP contribution in [0.15, 0.2) is 66.7 Å². The normalized spacial score (nSPS) is 14.4. The Bertz CT molecular complexity index is 1080. The summed E-state index contributed by atoms with van der Waals surface area (Å²) in [6.45, 7) is 4.08. The van der Waals surface area contributed by atoms with Crippen molar-refractivity contribution >= 4 is 40.7 Å². The van der Waals surface area contributed by atoms with E-state index >= 15 is 0 Å². The fourth-order valence-corrected chi connectivity index (χ4v) is 4.27. The van der Waals surface area contributed by atoms with E-state index in [1.54, 1.807) is 18.2 Å². The van der Waals surface area contributed by atoms with E-state index in [4.69, 9.17) is 39.5 Å². The number of carbonyl (C=O) groups is 1. The average molecular weight is 490 g/mol. The first-order valence-corrected chi connectivity index (χ1v) is 11.5. The molecule has 0 radical (unpaired) electrons. The number of amides is 1. The molecule has 1 aliphatic heterocycles. The molecule has 0 unspecified atom stereocenters. The lowest BCUT2D eigenvalue weighted by Gasteiger charge is -2.35. The van der Waals surface area contributed by atoms with E-state index in [1.807, 2.05) is 53.4 Å². The van der Waals surface area contributed by atoms with E-state index in [0.29, 0.717) is 40.3 Å². The number of benzene rings is 3. The maximum atomic E-state index is 13.0. The van der Waals surface area contributed by atoms with Crippen molar-refractivity contribution in [3.05, 3.63) is 98.5 Å².